The number of nitrogens with zero attached hydrogens (tertiary/aromatic N) is 1. The van der Waals surface area contributed by atoms with Crippen LogP contribution in [0.4, 0.5) is 0 Å². The van der Waals surface area contributed by atoms with Crippen molar-refractivity contribution in [2.24, 2.45) is 11.7 Å². The maximum absolute atomic E-state index is 6.02. The molecule has 2 N–H and O–H groups in total. The van der Waals surface area contributed by atoms with Crippen LogP contribution in [0.15, 0.2) is 0 Å². The van der Waals surface area contributed by atoms with E-state index in [9.17, 15) is 0 Å². The second kappa shape index (κ2) is 3.35. The van der Waals surface area contributed by atoms with Crippen LogP contribution in [0.5, 0.6) is 0 Å². The van der Waals surface area contributed by atoms with E-state index in [1.54, 1.807) is 0 Å². The van der Waals surface area contributed by atoms with Gasteiger partial charge >= 0.3 is 0 Å². The van der Waals surface area contributed by atoms with Crippen molar-refractivity contribution in [3.05, 3.63) is 0 Å². The third-order valence-corrected chi connectivity index (χ3v) is 2.97. The zero-order valence-electron chi connectivity index (χ0n) is 8.80. The first-order valence-corrected chi connectivity index (χ1v) is 4.92. The van der Waals surface area contributed by atoms with Crippen LogP contribution in [0.25, 0.3) is 0 Å². The summed E-state index contributed by atoms with van der Waals surface area (Å²) < 4.78 is 0. The number of nitrogens with two attached hydrogens (primary N) is 1. The highest BCUT2D eigenvalue weighted by Gasteiger charge is 2.29. The minimum absolute atomic E-state index is 0.289. The lowest BCUT2D eigenvalue weighted by molar-refractivity contribution is 0.0782. The predicted octanol–water partition coefficient (Wildman–Crippen LogP) is 1.45. The van der Waals surface area contributed by atoms with Gasteiger partial charge in [-0.1, -0.05) is 6.92 Å². The van der Waals surface area contributed by atoms with Crippen LogP contribution in [-0.4, -0.2) is 29.6 Å². The fraction of sp³-hybridized carbons (Fsp3) is 1.00. The van der Waals surface area contributed by atoms with Crippen molar-refractivity contribution in [1.82, 2.24) is 4.90 Å². The Kier molecular flexibility index (Phi) is 2.79. The van der Waals surface area contributed by atoms with Crippen molar-refractivity contribution in [3.8, 4) is 0 Å². The lowest BCUT2D eigenvalue weighted by Gasteiger charge is -2.43. The Hall–Kier alpha value is -0.0800. The standard InChI is InChI=1S/C10H22N2/c1-8-5-6-12(7-9(8)11)10(2,3)4/h8-9H,5-7,11H2,1-4H3/t8-,9+/m1/s1. The van der Waals surface area contributed by atoms with Gasteiger partial charge in [0.1, 0.15) is 0 Å². The van der Waals surface area contributed by atoms with Crippen LogP contribution >= 0.6 is 0 Å². The Morgan fingerprint density at radius 3 is 2.33 bits per heavy atom. The largest absolute Gasteiger partial charge is 0.326 e. The van der Waals surface area contributed by atoms with Gasteiger partial charge in [-0.2, -0.15) is 0 Å². The van der Waals surface area contributed by atoms with E-state index in [1.807, 2.05) is 0 Å². The average molecular weight is 170 g/mol. The number of hydrogen-bond donors (Lipinski definition) is 1. The molecule has 0 aliphatic carbocycles. The first kappa shape index (κ1) is 10.0. The van der Waals surface area contributed by atoms with Gasteiger partial charge in [0.25, 0.3) is 0 Å². The highest BCUT2D eigenvalue weighted by atomic mass is 15.2. The maximum Gasteiger partial charge on any atom is 0.0194 e. The van der Waals surface area contributed by atoms with Crippen molar-refractivity contribution in [2.45, 2.75) is 45.7 Å². The molecule has 2 atom stereocenters. The topological polar surface area (TPSA) is 29.3 Å². The molecular weight excluding hydrogens is 148 g/mol. The van der Waals surface area contributed by atoms with Crippen molar-refractivity contribution in [1.29, 1.82) is 0 Å². The molecule has 0 amide bonds. The SMILES string of the molecule is C[C@@H]1CCN(C(C)(C)C)C[C@@H]1N. The molecule has 1 rings (SSSR count). The Balaban J connectivity index is 2.51. The van der Waals surface area contributed by atoms with E-state index >= 15 is 0 Å². The van der Waals surface area contributed by atoms with Gasteiger partial charge in [0.2, 0.25) is 0 Å². The van der Waals surface area contributed by atoms with Crippen LogP contribution in [0.2, 0.25) is 0 Å². The molecule has 1 heterocycles. The summed E-state index contributed by atoms with van der Waals surface area (Å²) in [4.78, 5) is 2.48. The highest BCUT2D eigenvalue weighted by molar-refractivity contribution is 4.86. The van der Waals surface area contributed by atoms with Gasteiger partial charge in [-0.15, -0.1) is 0 Å². The first-order valence-electron chi connectivity index (χ1n) is 4.92. The summed E-state index contributed by atoms with van der Waals surface area (Å²) >= 11 is 0. The van der Waals surface area contributed by atoms with E-state index in [-0.39, 0.29) is 5.54 Å². The molecule has 2 nitrogen and oxygen atoms in total. The van der Waals surface area contributed by atoms with Gasteiger partial charge in [-0.05, 0) is 39.7 Å². The molecular formula is C10H22N2. The number of hydrogen-bond acceptors (Lipinski definition) is 2. The lowest BCUT2D eigenvalue weighted by atomic mass is 9.91. The quantitative estimate of drug-likeness (QED) is 0.596. The van der Waals surface area contributed by atoms with Gasteiger partial charge in [-0.25, -0.2) is 0 Å². The molecule has 0 bridgehead atoms. The van der Waals surface area contributed by atoms with Crippen LogP contribution in [0, 0.1) is 5.92 Å². The average Bonchev–Trinajstić information content (AvgIpc) is 1.92. The summed E-state index contributed by atoms with van der Waals surface area (Å²) in [7, 11) is 0. The van der Waals surface area contributed by atoms with Crippen LogP contribution < -0.4 is 5.73 Å². The maximum atomic E-state index is 6.02. The van der Waals surface area contributed by atoms with E-state index in [0.29, 0.717) is 12.0 Å². The summed E-state index contributed by atoms with van der Waals surface area (Å²) in [6.45, 7) is 11.3. The molecule has 0 unspecified atom stereocenters. The Morgan fingerprint density at radius 1 is 1.33 bits per heavy atom. The molecule has 0 radical (unpaired) electrons. The van der Waals surface area contributed by atoms with Crippen molar-refractivity contribution in [2.75, 3.05) is 13.1 Å². The molecule has 1 fully saturated rings. The molecule has 1 saturated heterocycles. The molecule has 1 aliphatic rings. The molecule has 72 valence electrons. The second-order valence-electron chi connectivity index (χ2n) is 5.05. The van der Waals surface area contributed by atoms with Crippen molar-refractivity contribution >= 4 is 0 Å². The fourth-order valence-electron chi connectivity index (χ4n) is 1.71. The third kappa shape index (κ3) is 2.20. The van der Waals surface area contributed by atoms with Crippen LogP contribution in [0.1, 0.15) is 34.1 Å². The normalized spacial score (nSPS) is 33.8. The van der Waals surface area contributed by atoms with Crippen LogP contribution in [-0.2, 0) is 0 Å². The van der Waals surface area contributed by atoms with Gasteiger partial charge in [0.15, 0.2) is 0 Å². The smallest absolute Gasteiger partial charge is 0.0194 e. The van der Waals surface area contributed by atoms with E-state index in [1.165, 1.54) is 13.0 Å². The minimum atomic E-state index is 0.289. The molecule has 12 heavy (non-hydrogen) atoms. The summed E-state index contributed by atoms with van der Waals surface area (Å²) in [6.07, 6.45) is 1.25. The van der Waals surface area contributed by atoms with E-state index in [4.69, 9.17) is 5.73 Å². The van der Waals surface area contributed by atoms with E-state index < -0.39 is 0 Å². The molecule has 2 heteroatoms. The molecule has 0 aromatic rings. The number of piperidine rings is 1. The highest BCUT2D eigenvalue weighted by Crippen LogP contribution is 2.22. The Morgan fingerprint density at radius 2 is 1.92 bits per heavy atom. The van der Waals surface area contributed by atoms with Gasteiger partial charge in [0.05, 0.1) is 0 Å². The molecule has 1 aliphatic heterocycles. The molecule has 0 spiro atoms. The van der Waals surface area contributed by atoms with Crippen molar-refractivity contribution < 1.29 is 0 Å². The Bertz CT molecular complexity index is 148. The zero-order valence-corrected chi connectivity index (χ0v) is 8.80. The number of likely N-dealkylation sites (tertiary alicyclic amines) is 1. The number of rotatable bonds is 0. The van der Waals surface area contributed by atoms with E-state index in [2.05, 4.69) is 32.6 Å². The summed E-state index contributed by atoms with van der Waals surface area (Å²) in [5.74, 6) is 0.698. The van der Waals surface area contributed by atoms with Gasteiger partial charge in [0, 0.05) is 18.1 Å². The second-order valence-corrected chi connectivity index (χ2v) is 5.05. The van der Waals surface area contributed by atoms with Crippen molar-refractivity contribution in [3.63, 3.8) is 0 Å². The van der Waals surface area contributed by atoms with Crippen LogP contribution in [0.3, 0.4) is 0 Å². The first-order chi connectivity index (χ1) is 5.41. The predicted molar refractivity (Wildman–Crippen MR) is 53.1 cm³/mol. The summed E-state index contributed by atoms with van der Waals surface area (Å²) in [6, 6.07) is 0.373. The van der Waals surface area contributed by atoms with Gasteiger partial charge in [-0.3, -0.25) is 4.90 Å². The molecule has 0 saturated carbocycles. The minimum Gasteiger partial charge on any atom is -0.326 e. The summed E-state index contributed by atoms with van der Waals surface area (Å²) in [5, 5.41) is 0. The Labute approximate surface area is 76.1 Å². The third-order valence-electron chi connectivity index (χ3n) is 2.97. The van der Waals surface area contributed by atoms with Gasteiger partial charge < -0.3 is 5.73 Å². The van der Waals surface area contributed by atoms with E-state index in [0.717, 1.165) is 6.54 Å². The monoisotopic (exact) mass is 170 g/mol. The molecule has 0 aromatic heterocycles. The summed E-state index contributed by atoms with van der Waals surface area (Å²) in [5.41, 5.74) is 6.31. The fourth-order valence-corrected chi connectivity index (χ4v) is 1.71. The lowest BCUT2D eigenvalue weighted by Crippen LogP contribution is -2.54. The molecule has 0 aromatic carbocycles. The zero-order chi connectivity index (χ0) is 9.35.